The van der Waals surface area contributed by atoms with E-state index in [4.69, 9.17) is 0 Å². The summed E-state index contributed by atoms with van der Waals surface area (Å²) in [6, 6.07) is 4.02. The molecule has 1 N–H and O–H groups in total. The van der Waals surface area contributed by atoms with Crippen LogP contribution in [0.3, 0.4) is 0 Å². The third-order valence-electron chi connectivity index (χ3n) is 4.32. The summed E-state index contributed by atoms with van der Waals surface area (Å²) in [7, 11) is 0. The van der Waals surface area contributed by atoms with Gasteiger partial charge in [-0.1, -0.05) is 0 Å². The predicted octanol–water partition coefficient (Wildman–Crippen LogP) is 2.39. The second kappa shape index (κ2) is 7.74. The number of nitrogens with zero attached hydrogens (tertiary/aromatic N) is 3. The van der Waals surface area contributed by atoms with Crippen molar-refractivity contribution >= 4 is 23.2 Å². The monoisotopic (exact) mass is 358 g/mol. The highest BCUT2D eigenvalue weighted by molar-refractivity contribution is 7.09. The molecule has 25 heavy (non-hydrogen) atoms. The summed E-state index contributed by atoms with van der Waals surface area (Å²) in [6.45, 7) is 4.62. The molecule has 7 heteroatoms. The SMILES string of the molecule is CC(=O)NCc1cc(C2CCCN2C(=O)Cc2csc(C)n2)ccn1. The average Bonchev–Trinajstić information content (AvgIpc) is 3.22. The van der Waals surface area contributed by atoms with Gasteiger partial charge < -0.3 is 10.2 Å². The number of thiazole rings is 1. The maximum absolute atomic E-state index is 12.7. The highest BCUT2D eigenvalue weighted by Crippen LogP contribution is 2.32. The molecule has 0 saturated carbocycles. The molecule has 0 spiro atoms. The summed E-state index contributed by atoms with van der Waals surface area (Å²) >= 11 is 1.57. The van der Waals surface area contributed by atoms with Crippen molar-refractivity contribution in [1.82, 2.24) is 20.2 Å². The first kappa shape index (κ1) is 17.5. The van der Waals surface area contributed by atoms with E-state index in [1.807, 2.05) is 29.3 Å². The maximum Gasteiger partial charge on any atom is 0.229 e. The van der Waals surface area contributed by atoms with E-state index in [0.29, 0.717) is 13.0 Å². The summed E-state index contributed by atoms with van der Waals surface area (Å²) < 4.78 is 0. The molecule has 1 unspecified atom stereocenters. The maximum atomic E-state index is 12.7. The number of carbonyl (C=O) groups is 2. The minimum atomic E-state index is -0.0802. The van der Waals surface area contributed by atoms with E-state index in [9.17, 15) is 9.59 Å². The number of pyridine rings is 1. The molecule has 1 atom stereocenters. The third kappa shape index (κ3) is 4.42. The Labute approximate surface area is 151 Å². The Balaban J connectivity index is 1.71. The van der Waals surface area contributed by atoms with Crippen LogP contribution < -0.4 is 5.32 Å². The van der Waals surface area contributed by atoms with Crippen molar-refractivity contribution in [2.45, 2.75) is 45.7 Å². The lowest BCUT2D eigenvalue weighted by Gasteiger charge is -2.25. The molecule has 0 aliphatic carbocycles. The van der Waals surface area contributed by atoms with E-state index < -0.39 is 0 Å². The van der Waals surface area contributed by atoms with Crippen molar-refractivity contribution in [2.24, 2.45) is 0 Å². The summed E-state index contributed by atoms with van der Waals surface area (Å²) in [5, 5.41) is 5.70. The van der Waals surface area contributed by atoms with Gasteiger partial charge in [-0.15, -0.1) is 11.3 Å². The minimum Gasteiger partial charge on any atom is -0.351 e. The van der Waals surface area contributed by atoms with Crippen LogP contribution in [0.2, 0.25) is 0 Å². The quantitative estimate of drug-likeness (QED) is 0.890. The second-order valence-electron chi connectivity index (χ2n) is 6.27. The summed E-state index contributed by atoms with van der Waals surface area (Å²) in [5.74, 6) is 0.0384. The van der Waals surface area contributed by atoms with E-state index >= 15 is 0 Å². The summed E-state index contributed by atoms with van der Waals surface area (Å²) in [5.41, 5.74) is 2.73. The van der Waals surface area contributed by atoms with Gasteiger partial charge >= 0.3 is 0 Å². The lowest BCUT2D eigenvalue weighted by molar-refractivity contribution is -0.131. The first-order chi connectivity index (χ1) is 12.0. The Hall–Kier alpha value is -2.28. The van der Waals surface area contributed by atoms with Gasteiger partial charge in [0.1, 0.15) is 0 Å². The van der Waals surface area contributed by atoms with Crippen molar-refractivity contribution in [2.75, 3.05) is 6.54 Å². The van der Waals surface area contributed by atoms with Gasteiger partial charge in [0.2, 0.25) is 11.8 Å². The van der Waals surface area contributed by atoms with Crippen molar-refractivity contribution in [3.05, 3.63) is 45.7 Å². The van der Waals surface area contributed by atoms with Crippen LogP contribution in [0.1, 0.15) is 47.8 Å². The fourth-order valence-corrected chi connectivity index (χ4v) is 3.79. The molecule has 6 nitrogen and oxygen atoms in total. The molecular formula is C18H22N4O2S. The van der Waals surface area contributed by atoms with E-state index in [1.165, 1.54) is 6.92 Å². The molecule has 2 amide bonds. The molecule has 3 rings (SSSR count). The van der Waals surface area contributed by atoms with Gasteiger partial charge in [-0.05, 0) is 37.5 Å². The third-order valence-corrected chi connectivity index (χ3v) is 5.14. The zero-order valence-electron chi connectivity index (χ0n) is 14.5. The molecule has 132 valence electrons. The van der Waals surface area contributed by atoms with Crippen molar-refractivity contribution in [3.8, 4) is 0 Å². The number of carbonyl (C=O) groups excluding carboxylic acids is 2. The highest BCUT2D eigenvalue weighted by atomic mass is 32.1. The van der Waals surface area contributed by atoms with Crippen LogP contribution >= 0.6 is 11.3 Å². The topological polar surface area (TPSA) is 75.2 Å². The largest absolute Gasteiger partial charge is 0.351 e. The minimum absolute atomic E-state index is 0.0753. The molecule has 2 aromatic heterocycles. The van der Waals surface area contributed by atoms with Crippen LogP contribution in [0.25, 0.3) is 0 Å². The zero-order chi connectivity index (χ0) is 17.8. The van der Waals surface area contributed by atoms with Gasteiger partial charge in [0.05, 0.1) is 35.4 Å². The number of amides is 2. The van der Waals surface area contributed by atoms with Crippen molar-refractivity contribution in [1.29, 1.82) is 0 Å². The Bertz CT molecular complexity index is 774. The van der Waals surface area contributed by atoms with Crippen molar-refractivity contribution in [3.63, 3.8) is 0 Å². The van der Waals surface area contributed by atoms with Crippen LogP contribution in [0.15, 0.2) is 23.7 Å². The molecule has 0 aromatic carbocycles. The second-order valence-corrected chi connectivity index (χ2v) is 7.33. The molecule has 3 heterocycles. The molecule has 0 radical (unpaired) electrons. The van der Waals surface area contributed by atoms with Crippen LogP contribution in [0.4, 0.5) is 0 Å². The van der Waals surface area contributed by atoms with Crippen LogP contribution in [0.5, 0.6) is 0 Å². The Morgan fingerprint density at radius 2 is 2.24 bits per heavy atom. The number of nitrogens with one attached hydrogen (secondary N) is 1. The molecular weight excluding hydrogens is 336 g/mol. The van der Waals surface area contributed by atoms with Crippen LogP contribution in [-0.4, -0.2) is 33.2 Å². The molecule has 1 fully saturated rings. The molecule has 1 aliphatic heterocycles. The molecule has 2 aromatic rings. The van der Waals surface area contributed by atoms with Gasteiger partial charge in [-0.2, -0.15) is 0 Å². The van der Waals surface area contributed by atoms with Gasteiger partial charge in [-0.3, -0.25) is 14.6 Å². The van der Waals surface area contributed by atoms with Gasteiger partial charge in [0, 0.05) is 25.0 Å². The Kier molecular flexibility index (Phi) is 5.43. The molecule has 1 aliphatic rings. The zero-order valence-corrected chi connectivity index (χ0v) is 15.3. The number of aryl methyl sites for hydroxylation is 1. The van der Waals surface area contributed by atoms with E-state index in [0.717, 1.165) is 41.3 Å². The van der Waals surface area contributed by atoms with E-state index in [-0.39, 0.29) is 17.9 Å². The molecule has 0 bridgehead atoms. The predicted molar refractivity (Wildman–Crippen MR) is 96.0 cm³/mol. The smallest absolute Gasteiger partial charge is 0.229 e. The summed E-state index contributed by atoms with van der Waals surface area (Å²) in [4.78, 5) is 34.4. The number of rotatable bonds is 5. The highest BCUT2D eigenvalue weighted by Gasteiger charge is 2.30. The van der Waals surface area contributed by atoms with Gasteiger partial charge in [0.15, 0.2) is 0 Å². The lowest BCUT2D eigenvalue weighted by atomic mass is 10.0. The normalized spacial score (nSPS) is 16.9. The fourth-order valence-electron chi connectivity index (χ4n) is 3.17. The molecule has 1 saturated heterocycles. The Morgan fingerprint density at radius 1 is 1.40 bits per heavy atom. The Morgan fingerprint density at radius 3 is 2.96 bits per heavy atom. The van der Waals surface area contributed by atoms with Gasteiger partial charge in [-0.25, -0.2) is 4.98 Å². The first-order valence-electron chi connectivity index (χ1n) is 8.42. The van der Waals surface area contributed by atoms with Gasteiger partial charge in [0.25, 0.3) is 0 Å². The van der Waals surface area contributed by atoms with Crippen molar-refractivity contribution < 1.29 is 9.59 Å². The number of likely N-dealkylation sites (tertiary alicyclic amines) is 1. The average molecular weight is 358 g/mol. The van der Waals surface area contributed by atoms with Crippen LogP contribution in [0, 0.1) is 6.92 Å². The number of aromatic nitrogens is 2. The van der Waals surface area contributed by atoms with Crippen LogP contribution in [-0.2, 0) is 22.6 Å². The first-order valence-corrected chi connectivity index (χ1v) is 9.30. The summed E-state index contributed by atoms with van der Waals surface area (Å²) in [6.07, 6.45) is 4.04. The number of hydrogen-bond donors (Lipinski definition) is 1. The fraction of sp³-hybridized carbons (Fsp3) is 0.444. The van der Waals surface area contributed by atoms with E-state index in [1.54, 1.807) is 17.5 Å². The standard InChI is InChI=1S/C18H22N4O2S/c1-12(23)20-10-15-8-14(5-6-19-15)17-4-3-7-22(17)18(24)9-16-11-25-13(2)21-16/h5-6,8,11,17H,3-4,7,9-10H2,1-2H3,(H,20,23). The number of hydrogen-bond acceptors (Lipinski definition) is 5. The van der Waals surface area contributed by atoms with E-state index in [2.05, 4.69) is 15.3 Å². The lowest BCUT2D eigenvalue weighted by Crippen LogP contribution is -2.32.